The highest BCUT2D eigenvalue weighted by Crippen LogP contribution is 2.43. The van der Waals surface area contributed by atoms with Crippen LogP contribution in [0.1, 0.15) is 68.0 Å². The molecular formula is C26H47N5O4Si2. The minimum atomic E-state index is -2.05. The highest BCUT2D eigenvalue weighted by atomic mass is 28.4. The first-order valence-corrected chi connectivity index (χ1v) is 19.1. The first kappa shape index (κ1) is 29.9. The molecule has 1 fully saturated rings. The average molecular weight is 550 g/mol. The van der Waals surface area contributed by atoms with E-state index in [1.54, 1.807) is 6.33 Å². The molecule has 1 unspecified atom stereocenters. The second kappa shape index (κ2) is 10.5. The van der Waals surface area contributed by atoms with Crippen LogP contribution in [-0.4, -0.2) is 60.9 Å². The summed E-state index contributed by atoms with van der Waals surface area (Å²) in [5.74, 6) is 0.129. The number of hydrogen-bond acceptors (Lipinski definition) is 7. The van der Waals surface area contributed by atoms with Crippen LogP contribution in [-0.2, 0) is 18.4 Å². The summed E-state index contributed by atoms with van der Waals surface area (Å²) in [6.07, 6.45) is 3.23. The highest BCUT2D eigenvalue weighted by Gasteiger charge is 2.46. The molecule has 3 rings (SSSR count). The number of aromatic nitrogens is 4. The zero-order chi connectivity index (χ0) is 28.0. The zero-order valence-electron chi connectivity index (χ0n) is 24.8. The number of nitrogens with one attached hydrogen (secondary N) is 1. The Labute approximate surface area is 224 Å². The number of nitrogens with zero attached hydrogens (tertiary/aromatic N) is 4. The fourth-order valence-electron chi connectivity index (χ4n) is 3.62. The van der Waals surface area contributed by atoms with E-state index in [1.165, 1.54) is 6.33 Å². The Morgan fingerprint density at radius 3 is 2.27 bits per heavy atom. The molecule has 9 nitrogen and oxygen atoms in total. The SMILES string of the molecule is CC(C)C(=O)Nc1ncnc2c1ncn2[C@H]1CC(O[Si](C)(C)C(C)(C)C)[C@@H](CO[Si](C)(C)C(C)(C)C)O1. The van der Waals surface area contributed by atoms with Crippen molar-refractivity contribution >= 4 is 39.5 Å². The fraction of sp³-hybridized carbons (Fsp3) is 0.769. The Bertz CT molecular complexity index is 1100. The topological polar surface area (TPSA) is 100 Å². The molecule has 1 aliphatic rings. The number of anilines is 1. The van der Waals surface area contributed by atoms with Gasteiger partial charge in [0.2, 0.25) is 5.91 Å². The molecule has 37 heavy (non-hydrogen) atoms. The predicted molar refractivity (Wildman–Crippen MR) is 153 cm³/mol. The molecule has 208 valence electrons. The van der Waals surface area contributed by atoms with Crippen molar-refractivity contribution in [3.8, 4) is 0 Å². The fourth-order valence-corrected chi connectivity index (χ4v) is 5.99. The molecule has 0 bridgehead atoms. The van der Waals surface area contributed by atoms with Crippen LogP contribution in [0.25, 0.3) is 11.2 Å². The molecule has 2 aromatic rings. The summed E-state index contributed by atoms with van der Waals surface area (Å²) >= 11 is 0. The smallest absolute Gasteiger partial charge is 0.228 e. The first-order chi connectivity index (χ1) is 16.8. The molecule has 0 radical (unpaired) electrons. The number of carbonyl (C=O) groups is 1. The van der Waals surface area contributed by atoms with Crippen molar-refractivity contribution in [1.29, 1.82) is 0 Å². The van der Waals surface area contributed by atoms with Crippen molar-refractivity contribution < 1.29 is 18.4 Å². The van der Waals surface area contributed by atoms with Gasteiger partial charge in [0.25, 0.3) is 0 Å². The van der Waals surface area contributed by atoms with Crippen LogP contribution >= 0.6 is 0 Å². The molecule has 3 atom stereocenters. The van der Waals surface area contributed by atoms with E-state index in [1.807, 2.05) is 18.4 Å². The largest absolute Gasteiger partial charge is 0.414 e. The molecule has 3 heterocycles. The molecule has 0 aromatic carbocycles. The van der Waals surface area contributed by atoms with Crippen molar-refractivity contribution in [2.75, 3.05) is 11.9 Å². The molecule has 1 aliphatic heterocycles. The van der Waals surface area contributed by atoms with E-state index in [0.717, 1.165) is 0 Å². The molecule has 1 saturated heterocycles. The van der Waals surface area contributed by atoms with E-state index < -0.39 is 16.6 Å². The van der Waals surface area contributed by atoms with Gasteiger partial charge < -0.3 is 18.9 Å². The maximum Gasteiger partial charge on any atom is 0.228 e. The Balaban J connectivity index is 1.90. The monoisotopic (exact) mass is 549 g/mol. The van der Waals surface area contributed by atoms with Crippen LogP contribution in [0.5, 0.6) is 0 Å². The lowest BCUT2D eigenvalue weighted by molar-refractivity contribution is -0.118. The van der Waals surface area contributed by atoms with E-state index in [2.05, 4.69) is 88.0 Å². The Morgan fingerprint density at radius 1 is 1.08 bits per heavy atom. The van der Waals surface area contributed by atoms with Crippen LogP contribution in [0, 0.1) is 5.92 Å². The average Bonchev–Trinajstić information content (AvgIpc) is 3.34. The van der Waals surface area contributed by atoms with Gasteiger partial charge >= 0.3 is 0 Å². The van der Waals surface area contributed by atoms with Crippen molar-refractivity contribution in [3.05, 3.63) is 12.7 Å². The summed E-state index contributed by atoms with van der Waals surface area (Å²) in [6.45, 7) is 26.7. The van der Waals surface area contributed by atoms with E-state index in [-0.39, 0.29) is 40.3 Å². The van der Waals surface area contributed by atoms with Crippen molar-refractivity contribution in [3.63, 3.8) is 0 Å². The number of ether oxygens (including phenoxy) is 1. The van der Waals surface area contributed by atoms with E-state index >= 15 is 0 Å². The van der Waals surface area contributed by atoms with E-state index in [4.69, 9.17) is 13.6 Å². The summed E-state index contributed by atoms with van der Waals surface area (Å²) in [6, 6.07) is 0. The Hall–Kier alpha value is -1.67. The number of rotatable bonds is 8. The number of fused-ring (bicyclic) bond motifs is 1. The van der Waals surface area contributed by atoms with Gasteiger partial charge in [-0.15, -0.1) is 0 Å². The number of carbonyl (C=O) groups excluding carboxylic acids is 1. The standard InChI is InChI=1S/C26H47N5O4Si2/c1-17(2)24(32)30-22-21-23(28-15-27-22)31(16-29-21)20-13-18(35-37(11,12)26(6,7)8)19(34-20)14-33-36(9,10)25(3,4)5/h15-20H,13-14H2,1-12H3,(H,27,28,30,32)/t18?,19-,20-/m1/s1. The van der Waals surface area contributed by atoms with Crippen molar-refractivity contribution in [2.45, 2.75) is 117 Å². The summed E-state index contributed by atoms with van der Waals surface area (Å²) in [5.41, 5.74) is 1.17. The molecule has 2 aromatic heterocycles. The molecule has 1 amide bonds. The minimum Gasteiger partial charge on any atom is -0.414 e. The number of amides is 1. The summed E-state index contributed by atoms with van der Waals surface area (Å²) in [4.78, 5) is 25.6. The summed E-state index contributed by atoms with van der Waals surface area (Å²) in [5, 5.41) is 3.05. The van der Waals surface area contributed by atoms with Gasteiger partial charge in [-0.05, 0) is 36.3 Å². The second-order valence-corrected chi connectivity index (χ2v) is 23.1. The molecule has 0 aliphatic carbocycles. The zero-order valence-corrected chi connectivity index (χ0v) is 26.8. The van der Waals surface area contributed by atoms with Crippen LogP contribution in [0.3, 0.4) is 0 Å². The van der Waals surface area contributed by atoms with Crippen LogP contribution in [0.15, 0.2) is 12.7 Å². The van der Waals surface area contributed by atoms with Gasteiger partial charge in [-0.3, -0.25) is 9.36 Å². The Morgan fingerprint density at radius 2 is 1.70 bits per heavy atom. The van der Waals surface area contributed by atoms with Crippen molar-refractivity contribution in [2.24, 2.45) is 5.92 Å². The molecule has 0 saturated carbocycles. The van der Waals surface area contributed by atoms with Gasteiger partial charge in [0.05, 0.1) is 19.0 Å². The molecular weight excluding hydrogens is 502 g/mol. The lowest BCUT2D eigenvalue weighted by Crippen LogP contribution is -2.48. The third kappa shape index (κ3) is 6.50. The van der Waals surface area contributed by atoms with Gasteiger partial charge in [0, 0.05) is 12.3 Å². The molecule has 11 heteroatoms. The lowest BCUT2D eigenvalue weighted by atomic mass is 10.2. The third-order valence-corrected chi connectivity index (χ3v) is 17.3. The minimum absolute atomic E-state index is 0.0778. The van der Waals surface area contributed by atoms with Crippen LogP contribution in [0.2, 0.25) is 36.3 Å². The molecule has 0 spiro atoms. The van der Waals surface area contributed by atoms with E-state index in [0.29, 0.717) is 30.0 Å². The third-order valence-electron chi connectivity index (χ3n) is 8.28. The summed E-state index contributed by atoms with van der Waals surface area (Å²) in [7, 11) is -4.02. The Kier molecular flexibility index (Phi) is 8.46. The van der Waals surface area contributed by atoms with Crippen LogP contribution in [0.4, 0.5) is 5.82 Å². The van der Waals surface area contributed by atoms with Gasteiger partial charge in [-0.2, -0.15) is 0 Å². The van der Waals surface area contributed by atoms with Gasteiger partial charge in [-0.25, -0.2) is 15.0 Å². The normalized spacial score (nSPS) is 21.7. The number of imidazole rings is 1. The highest BCUT2D eigenvalue weighted by molar-refractivity contribution is 6.74. The van der Waals surface area contributed by atoms with Gasteiger partial charge in [-0.1, -0.05) is 55.4 Å². The van der Waals surface area contributed by atoms with Crippen LogP contribution < -0.4 is 5.32 Å². The molecule has 1 N–H and O–H groups in total. The quantitative estimate of drug-likeness (QED) is 0.396. The first-order valence-electron chi connectivity index (χ1n) is 13.3. The number of hydrogen-bond donors (Lipinski definition) is 1. The second-order valence-electron chi connectivity index (χ2n) is 13.5. The van der Waals surface area contributed by atoms with Gasteiger partial charge in [0.15, 0.2) is 33.6 Å². The predicted octanol–water partition coefficient (Wildman–Crippen LogP) is 6.12. The van der Waals surface area contributed by atoms with Crippen molar-refractivity contribution in [1.82, 2.24) is 19.5 Å². The van der Waals surface area contributed by atoms with Gasteiger partial charge in [0.1, 0.15) is 18.7 Å². The maximum atomic E-state index is 12.3. The maximum absolute atomic E-state index is 12.3. The lowest BCUT2D eigenvalue weighted by Gasteiger charge is -2.40. The summed E-state index contributed by atoms with van der Waals surface area (Å²) < 4.78 is 22.0. The van der Waals surface area contributed by atoms with E-state index in [9.17, 15) is 4.79 Å².